The lowest BCUT2D eigenvalue weighted by Gasteiger charge is -1.90. The Labute approximate surface area is 68.6 Å². The molecule has 0 aromatic rings. The summed E-state index contributed by atoms with van der Waals surface area (Å²) >= 11 is 0. The molecule has 0 aliphatic carbocycles. The van der Waals surface area contributed by atoms with Crippen LogP contribution in [0.4, 0.5) is 7.77 Å². The van der Waals surface area contributed by atoms with E-state index in [0.29, 0.717) is 6.08 Å². The van der Waals surface area contributed by atoms with E-state index in [1.54, 1.807) is 0 Å². The lowest BCUT2D eigenvalue weighted by Crippen LogP contribution is -1.96. The third-order valence-electron chi connectivity index (χ3n) is 0.740. The number of hydrogen-bond donors (Lipinski definition) is 0. The van der Waals surface area contributed by atoms with Gasteiger partial charge in [-0.3, -0.25) is 0 Å². The van der Waals surface area contributed by atoms with Crippen LogP contribution in [-0.2, 0) is 20.4 Å². The first kappa shape index (κ1) is 11.2. The normalized spacial score (nSPS) is 14.3. The van der Waals surface area contributed by atoms with Crippen molar-refractivity contribution in [1.29, 1.82) is 0 Å². The van der Waals surface area contributed by atoms with Crippen molar-refractivity contribution in [3.8, 4) is 0 Å². The van der Waals surface area contributed by atoms with Crippen LogP contribution in [-0.4, -0.2) is 16.8 Å². The van der Waals surface area contributed by atoms with E-state index in [1.807, 2.05) is 0 Å². The second kappa shape index (κ2) is 3.31. The van der Waals surface area contributed by atoms with E-state index in [2.05, 4.69) is 6.58 Å². The Morgan fingerprint density at radius 1 is 1.17 bits per heavy atom. The molecule has 8 heteroatoms. The van der Waals surface area contributed by atoms with Gasteiger partial charge in [-0.25, -0.2) is 0 Å². The van der Waals surface area contributed by atoms with Crippen LogP contribution >= 0.6 is 0 Å². The second-order valence-electron chi connectivity index (χ2n) is 1.64. The summed E-state index contributed by atoms with van der Waals surface area (Å²) in [7, 11) is -10.4. The minimum absolute atomic E-state index is 0.366. The Morgan fingerprint density at radius 2 is 1.58 bits per heavy atom. The van der Waals surface area contributed by atoms with Gasteiger partial charge < -0.3 is 0 Å². The Hall–Kier alpha value is -0.760. The van der Waals surface area contributed by atoms with Crippen molar-refractivity contribution < 1.29 is 24.6 Å². The molecule has 0 aromatic heterocycles. The van der Waals surface area contributed by atoms with Crippen molar-refractivity contribution in [1.82, 2.24) is 0 Å². The van der Waals surface area contributed by atoms with Gasteiger partial charge in [-0.2, -0.15) is 16.8 Å². The summed E-state index contributed by atoms with van der Waals surface area (Å²) in [5, 5.41) is -0.366. The lowest BCUT2D eigenvalue weighted by molar-refractivity contribution is 0.555. The highest BCUT2D eigenvalue weighted by Crippen LogP contribution is 2.12. The van der Waals surface area contributed by atoms with Crippen molar-refractivity contribution in [2.75, 3.05) is 0 Å². The quantitative estimate of drug-likeness (QED) is 0.514. The summed E-state index contributed by atoms with van der Waals surface area (Å²) in [6.07, 6.45) is 0.381. The van der Waals surface area contributed by atoms with E-state index in [9.17, 15) is 24.6 Å². The van der Waals surface area contributed by atoms with Crippen LogP contribution in [0.25, 0.3) is 0 Å². The molecule has 0 fully saturated rings. The van der Waals surface area contributed by atoms with Gasteiger partial charge in [0.1, 0.15) is 4.91 Å². The van der Waals surface area contributed by atoms with Crippen molar-refractivity contribution in [3.63, 3.8) is 0 Å². The first-order chi connectivity index (χ1) is 5.17. The van der Waals surface area contributed by atoms with Gasteiger partial charge >= 0.3 is 20.4 Å². The van der Waals surface area contributed by atoms with Crippen LogP contribution in [0.3, 0.4) is 0 Å². The van der Waals surface area contributed by atoms with Crippen molar-refractivity contribution >= 4 is 20.4 Å². The Kier molecular flexibility index (Phi) is 3.10. The van der Waals surface area contributed by atoms with E-state index in [-0.39, 0.29) is 5.41 Å². The molecule has 4 nitrogen and oxygen atoms in total. The zero-order chi connectivity index (χ0) is 9.99. The van der Waals surface area contributed by atoms with Crippen LogP contribution in [0.1, 0.15) is 0 Å². The maximum absolute atomic E-state index is 12.0. The molecule has 0 saturated carbocycles. The van der Waals surface area contributed by atoms with Gasteiger partial charge in [0.25, 0.3) is 0 Å². The van der Waals surface area contributed by atoms with Crippen molar-refractivity contribution in [2.24, 2.45) is 0 Å². The van der Waals surface area contributed by atoms with Crippen molar-refractivity contribution in [3.05, 3.63) is 23.0 Å². The standard InChI is InChI=1S/C4H4F2O4S2/c1-2-4(12(6,9)10)3-11(5,7)8/h2-3H,1H2. The number of allylic oxidation sites excluding steroid dienone is 1. The van der Waals surface area contributed by atoms with Crippen LogP contribution in [0.15, 0.2) is 23.0 Å². The topological polar surface area (TPSA) is 68.3 Å². The second-order valence-corrected chi connectivity index (χ2v) is 4.17. The minimum Gasteiger partial charge on any atom is -0.190 e. The summed E-state index contributed by atoms with van der Waals surface area (Å²) in [5.74, 6) is 0. The van der Waals surface area contributed by atoms with Gasteiger partial charge in [-0.05, 0) is 6.08 Å². The number of halogens is 2. The van der Waals surface area contributed by atoms with Gasteiger partial charge in [-0.15, -0.1) is 7.77 Å². The van der Waals surface area contributed by atoms with Crippen LogP contribution in [0.2, 0.25) is 0 Å². The molecule has 70 valence electrons. The largest absolute Gasteiger partial charge is 0.332 e. The molecule has 0 aliphatic heterocycles. The molecule has 0 rings (SSSR count). The smallest absolute Gasteiger partial charge is 0.190 e. The Morgan fingerprint density at radius 3 is 1.67 bits per heavy atom. The molecule has 0 saturated heterocycles. The van der Waals surface area contributed by atoms with Gasteiger partial charge in [0.2, 0.25) is 0 Å². The zero-order valence-electron chi connectivity index (χ0n) is 5.57. The molecule has 0 heterocycles. The van der Waals surface area contributed by atoms with Crippen molar-refractivity contribution in [2.45, 2.75) is 0 Å². The third kappa shape index (κ3) is 4.19. The number of rotatable bonds is 3. The highest BCUT2D eigenvalue weighted by atomic mass is 32.3. The Balaban J connectivity index is 5.39. The molecule has 0 aromatic carbocycles. The SMILES string of the molecule is C=CC(=CS(=O)(=O)F)S(=O)(=O)F. The van der Waals surface area contributed by atoms with Crippen LogP contribution in [0, 0.1) is 0 Å². The minimum atomic E-state index is -5.22. The van der Waals surface area contributed by atoms with Crippen LogP contribution < -0.4 is 0 Å². The molecule has 12 heavy (non-hydrogen) atoms. The van der Waals surface area contributed by atoms with E-state index in [4.69, 9.17) is 0 Å². The molecule has 0 unspecified atom stereocenters. The summed E-state index contributed by atoms with van der Waals surface area (Å²) in [6.45, 7) is 2.79. The Bertz CT molecular complexity index is 402. The summed E-state index contributed by atoms with van der Waals surface area (Å²) in [4.78, 5) is -1.33. The molecule has 0 bridgehead atoms. The fraction of sp³-hybridized carbons (Fsp3) is 0. The fourth-order valence-electron chi connectivity index (χ4n) is 0.344. The molecule has 0 atom stereocenters. The molecular weight excluding hydrogens is 214 g/mol. The molecule has 0 radical (unpaired) electrons. The summed E-state index contributed by atoms with van der Waals surface area (Å²) < 4.78 is 63.4. The van der Waals surface area contributed by atoms with Gasteiger partial charge in [0.15, 0.2) is 0 Å². The summed E-state index contributed by atoms with van der Waals surface area (Å²) in [6, 6.07) is 0. The molecule has 0 amide bonds. The highest BCUT2D eigenvalue weighted by molar-refractivity contribution is 7.93. The maximum atomic E-state index is 12.0. The average molecular weight is 218 g/mol. The fourth-order valence-corrected chi connectivity index (χ4v) is 1.72. The highest BCUT2D eigenvalue weighted by Gasteiger charge is 2.16. The zero-order valence-corrected chi connectivity index (χ0v) is 7.20. The molecule has 0 spiro atoms. The predicted molar refractivity (Wildman–Crippen MR) is 38.3 cm³/mol. The van der Waals surface area contributed by atoms with Gasteiger partial charge in [0, 0.05) is 0 Å². The molecule has 0 N–H and O–H groups in total. The van der Waals surface area contributed by atoms with E-state index >= 15 is 0 Å². The maximum Gasteiger partial charge on any atom is 0.332 e. The number of hydrogen-bond acceptors (Lipinski definition) is 4. The third-order valence-corrected chi connectivity index (χ3v) is 2.27. The lowest BCUT2D eigenvalue weighted by atomic mass is 10.6. The molecular formula is C4H4F2O4S2. The monoisotopic (exact) mass is 218 g/mol. The van der Waals surface area contributed by atoms with Gasteiger partial charge in [0.05, 0.1) is 5.41 Å². The van der Waals surface area contributed by atoms with E-state index in [0.717, 1.165) is 0 Å². The van der Waals surface area contributed by atoms with Gasteiger partial charge in [-0.1, -0.05) is 6.58 Å². The first-order valence-corrected chi connectivity index (χ1v) is 5.23. The van der Waals surface area contributed by atoms with Crippen LogP contribution in [0.5, 0.6) is 0 Å². The predicted octanol–water partition coefficient (Wildman–Crippen LogP) is 0.612. The van der Waals surface area contributed by atoms with E-state index < -0.39 is 25.4 Å². The first-order valence-electron chi connectivity index (χ1n) is 2.40. The summed E-state index contributed by atoms with van der Waals surface area (Å²) in [5.41, 5.74) is 0. The average Bonchev–Trinajstić information content (AvgIpc) is 1.78. The van der Waals surface area contributed by atoms with E-state index in [1.165, 1.54) is 0 Å². The molecule has 0 aliphatic rings.